The van der Waals surface area contributed by atoms with E-state index in [1.165, 1.54) is 11.8 Å². The lowest BCUT2D eigenvalue weighted by Crippen LogP contribution is -2.21. The quantitative estimate of drug-likeness (QED) is 0.607. The van der Waals surface area contributed by atoms with E-state index in [0.717, 1.165) is 17.1 Å². The summed E-state index contributed by atoms with van der Waals surface area (Å²) in [4.78, 5) is 15.5. The van der Waals surface area contributed by atoms with Crippen LogP contribution in [0.1, 0.15) is 26.3 Å². The number of rotatable bonds is 7. The van der Waals surface area contributed by atoms with Crippen LogP contribution in [-0.2, 0) is 16.1 Å². The van der Waals surface area contributed by atoms with Crippen molar-refractivity contribution in [3.05, 3.63) is 23.9 Å². The van der Waals surface area contributed by atoms with E-state index >= 15 is 0 Å². The summed E-state index contributed by atoms with van der Waals surface area (Å²) in [6.07, 6.45) is 1.84. The van der Waals surface area contributed by atoms with Crippen LogP contribution in [0, 0.1) is 0 Å². The lowest BCUT2D eigenvalue weighted by molar-refractivity contribution is -0.139. The zero-order chi connectivity index (χ0) is 13.4. The van der Waals surface area contributed by atoms with Crippen molar-refractivity contribution in [2.75, 3.05) is 12.4 Å². The van der Waals surface area contributed by atoms with Crippen LogP contribution in [0.25, 0.3) is 0 Å². The Labute approximate surface area is 113 Å². The van der Waals surface area contributed by atoms with Crippen LogP contribution < -0.4 is 5.32 Å². The number of ether oxygens (including phenoxy) is 1. The van der Waals surface area contributed by atoms with E-state index in [2.05, 4.69) is 24.1 Å². The van der Waals surface area contributed by atoms with Crippen molar-refractivity contribution in [2.45, 2.75) is 38.4 Å². The van der Waals surface area contributed by atoms with Crippen LogP contribution in [0.3, 0.4) is 0 Å². The van der Waals surface area contributed by atoms with Gasteiger partial charge >= 0.3 is 5.97 Å². The second-order valence-electron chi connectivity index (χ2n) is 4.13. The van der Waals surface area contributed by atoms with Gasteiger partial charge in [0, 0.05) is 18.8 Å². The standard InChI is InChI=1S/C13H20N2O2S/c1-4-17-13(16)9-18-12-6-5-11(8-15-12)7-14-10(2)3/h5-6,8,10,14H,4,7,9H2,1-3H3. The number of carbonyl (C=O) groups excluding carboxylic acids is 1. The first-order valence-electron chi connectivity index (χ1n) is 6.08. The molecule has 1 aromatic rings. The molecular formula is C13H20N2O2S. The smallest absolute Gasteiger partial charge is 0.316 e. The van der Waals surface area contributed by atoms with Crippen molar-refractivity contribution in [3.63, 3.8) is 0 Å². The molecule has 1 heterocycles. The van der Waals surface area contributed by atoms with Gasteiger partial charge in [-0.25, -0.2) is 4.98 Å². The first kappa shape index (κ1) is 15.0. The van der Waals surface area contributed by atoms with Gasteiger partial charge in [0.25, 0.3) is 0 Å². The highest BCUT2D eigenvalue weighted by atomic mass is 32.2. The summed E-state index contributed by atoms with van der Waals surface area (Å²) in [6, 6.07) is 4.42. The molecule has 0 fully saturated rings. The van der Waals surface area contributed by atoms with Crippen molar-refractivity contribution in [1.29, 1.82) is 0 Å². The zero-order valence-electron chi connectivity index (χ0n) is 11.1. The van der Waals surface area contributed by atoms with Crippen molar-refractivity contribution in [3.8, 4) is 0 Å². The summed E-state index contributed by atoms with van der Waals surface area (Å²) >= 11 is 1.40. The summed E-state index contributed by atoms with van der Waals surface area (Å²) in [5, 5.41) is 4.17. The summed E-state index contributed by atoms with van der Waals surface area (Å²) in [7, 11) is 0. The van der Waals surface area contributed by atoms with Crippen LogP contribution >= 0.6 is 11.8 Å². The van der Waals surface area contributed by atoms with E-state index in [0.29, 0.717) is 18.4 Å². The van der Waals surface area contributed by atoms with Gasteiger partial charge in [0.15, 0.2) is 0 Å². The summed E-state index contributed by atoms with van der Waals surface area (Å²) < 4.78 is 4.85. The fraction of sp³-hybridized carbons (Fsp3) is 0.538. The molecule has 4 nitrogen and oxygen atoms in total. The number of thioether (sulfide) groups is 1. The summed E-state index contributed by atoms with van der Waals surface area (Å²) in [5.41, 5.74) is 1.14. The monoisotopic (exact) mass is 268 g/mol. The highest BCUT2D eigenvalue weighted by Crippen LogP contribution is 2.15. The molecule has 100 valence electrons. The minimum Gasteiger partial charge on any atom is -0.465 e. The number of carbonyl (C=O) groups is 1. The third-order valence-corrected chi connectivity index (χ3v) is 3.07. The molecule has 1 aromatic heterocycles. The average Bonchev–Trinajstić information content (AvgIpc) is 2.35. The van der Waals surface area contributed by atoms with E-state index in [9.17, 15) is 4.79 Å². The maximum atomic E-state index is 11.2. The molecule has 1 N–H and O–H groups in total. The fourth-order valence-corrected chi connectivity index (χ4v) is 1.90. The van der Waals surface area contributed by atoms with Crippen molar-refractivity contribution in [1.82, 2.24) is 10.3 Å². The first-order chi connectivity index (χ1) is 8.61. The second-order valence-corrected chi connectivity index (χ2v) is 5.13. The molecule has 1 rings (SSSR count). The molecule has 0 aliphatic rings. The number of esters is 1. The van der Waals surface area contributed by atoms with Gasteiger partial charge in [-0.05, 0) is 18.6 Å². The van der Waals surface area contributed by atoms with E-state index in [-0.39, 0.29) is 5.97 Å². The van der Waals surface area contributed by atoms with Crippen LogP contribution in [0.5, 0.6) is 0 Å². The fourth-order valence-electron chi connectivity index (χ4n) is 1.26. The zero-order valence-corrected chi connectivity index (χ0v) is 11.9. The van der Waals surface area contributed by atoms with E-state index < -0.39 is 0 Å². The van der Waals surface area contributed by atoms with Gasteiger partial charge in [-0.1, -0.05) is 31.7 Å². The molecule has 0 saturated heterocycles. The van der Waals surface area contributed by atoms with Gasteiger partial charge in [-0.3, -0.25) is 4.79 Å². The topological polar surface area (TPSA) is 51.2 Å². The van der Waals surface area contributed by atoms with Gasteiger partial charge in [0.05, 0.1) is 17.4 Å². The molecule has 0 saturated carbocycles. The van der Waals surface area contributed by atoms with Gasteiger partial charge in [-0.15, -0.1) is 0 Å². The third-order valence-electron chi connectivity index (χ3n) is 2.16. The summed E-state index contributed by atoms with van der Waals surface area (Å²) in [5.74, 6) is 0.111. The Morgan fingerprint density at radius 3 is 2.83 bits per heavy atom. The first-order valence-corrected chi connectivity index (χ1v) is 7.07. The molecular weight excluding hydrogens is 248 g/mol. The van der Waals surface area contributed by atoms with Crippen molar-refractivity contribution in [2.24, 2.45) is 0 Å². The number of nitrogens with one attached hydrogen (secondary N) is 1. The van der Waals surface area contributed by atoms with Crippen LogP contribution in [0.2, 0.25) is 0 Å². The van der Waals surface area contributed by atoms with E-state index in [1.807, 2.05) is 18.3 Å². The van der Waals surface area contributed by atoms with Gasteiger partial charge in [-0.2, -0.15) is 0 Å². The van der Waals surface area contributed by atoms with E-state index in [1.54, 1.807) is 6.92 Å². The van der Waals surface area contributed by atoms with Crippen LogP contribution in [-0.4, -0.2) is 29.4 Å². The highest BCUT2D eigenvalue weighted by Gasteiger charge is 2.04. The maximum Gasteiger partial charge on any atom is 0.316 e. The molecule has 18 heavy (non-hydrogen) atoms. The van der Waals surface area contributed by atoms with Crippen LogP contribution in [0.15, 0.2) is 23.4 Å². The molecule has 0 aliphatic carbocycles. The Hall–Kier alpha value is -1.07. The molecule has 0 unspecified atom stereocenters. The number of nitrogens with zero attached hydrogens (tertiary/aromatic N) is 1. The lowest BCUT2D eigenvalue weighted by Gasteiger charge is -2.08. The second kappa shape index (κ2) is 8.11. The SMILES string of the molecule is CCOC(=O)CSc1ccc(CNC(C)C)cn1. The minimum atomic E-state index is -0.199. The Morgan fingerprint density at radius 2 is 2.28 bits per heavy atom. The van der Waals surface area contributed by atoms with Crippen LogP contribution in [0.4, 0.5) is 0 Å². The third kappa shape index (κ3) is 6.02. The molecule has 5 heteroatoms. The van der Waals surface area contributed by atoms with Crippen molar-refractivity contribution < 1.29 is 9.53 Å². The minimum absolute atomic E-state index is 0.199. The number of aromatic nitrogens is 1. The number of hydrogen-bond donors (Lipinski definition) is 1. The molecule has 0 spiro atoms. The largest absolute Gasteiger partial charge is 0.465 e. The number of hydrogen-bond acceptors (Lipinski definition) is 5. The summed E-state index contributed by atoms with van der Waals surface area (Å²) in [6.45, 7) is 7.26. The molecule has 0 aromatic carbocycles. The predicted octanol–water partition coefficient (Wildman–Crippen LogP) is 2.23. The normalized spacial score (nSPS) is 10.7. The highest BCUT2D eigenvalue weighted by molar-refractivity contribution is 7.99. The Balaban J connectivity index is 2.38. The Kier molecular flexibility index (Phi) is 6.75. The lowest BCUT2D eigenvalue weighted by atomic mass is 10.2. The molecule has 0 amide bonds. The molecule has 0 radical (unpaired) electrons. The molecule has 0 atom stereocenters. The van der Waals surface area contributed by atoms with Crippen molar-refractivity contribution >= 4 is 17.7 Å². The Bertz CT molecular complexity index is 366. The van der Waals surface area contributed by atoms with Gasteiger partial charge in [0.1, 0.15) is 0 Å². The van der Waals surface area contributed by atoms with Gasteiger partial charge < -0.3 is 10.1 Å². The van der Waals surface area contributed by atoms with E-state index in [4.69, 9.17) is 4.74 Å². The average molecular weight is 268 g/mol. The molecule has 0 aliphatic heterocycles. The maximum absolute atomic E-state index is 11.2. The predicted molar refractivity (Wildman–Crippen MR) is 73.6 cm³/mol. The molecule has 0 bridgehead atoms. The number of pyridine rings is 1. The van der Waals surface area contributed by atoms with Gasteiger partial charge in [0.2, 0.25) is 0 Å². The Morgan fingerprint density at radius 1 is 1.50 bits per heavy atom.